The van der Waals surface area contributed by atoms with Crippen LogP contribution in [0.4, 0.5) is 0 Å². The van der Waals surface area contributed by atoms with Gasteiger partial charge in [-0.1, -0.05) is 140 Å². The van der Waals surface area contributed by atoms with Crippen LogP contribution in [0, 0.1) is 0 Å². The van der Waals surface area contributed by atoms with Crippen molar-refractivity contribution in [3.8, 4) is 16.8 Å². The topological polar surface area (TPSA) is 4.93 Å². The van der Waals surface area contributed by atoms with Crippen LogP contribution in [-0.2, 0) is 0 Å². The smallest absolute Gasteiger partial charge is 0.0626 e. The maximum Gasteiger partial charge on any atom is 0.0626 e. The van der Waals surface area contributed by atoms with Crippen LogP contribution in [0.5, 0.6) is 0 Å². The standard InChI is InChI=1S/C44H27N/c1-2-12-30-27-31(22-21-28(30)11-1)29-23-25-32(26-24-29)45-40-20-10-9-19-39(40)43-42-36-16-6-4-14-34(36)33-13-3-5-15-35(33)41(42)37-17-7-8-18-38(37)44(43)45/h1-27H. The number of nitrogens with zero attached hydrogens (tertiary/aromatic N) is 1. The van der Waals surface area contributed by atoms with Crippen LogP contribution in [0.3, 0.4) is 0 Å². The molecule has 1 aromatic heterocycles. The molecule has 0 N–H and O–H groups in total. The highest BCUT2D eigenvalue weighted by Crippen LogP contribution is 2.47. The SMILES string of the molecule is c1ccc2cc(-c3ccc(-n4c5ccccc5c5c6c7ccccc7c7ccccc7c6c6ccccc6c54)cc3)ccc2c1. The molecule has 0 aliphatic heterocycles. The van der Waals surface area contributed by atoms with Gasteiger partial charge in [0, 0.05) is 27.2 Å². The number of hydrogen-bond donors (Lipinski definition) is 0. The first-order valence-corrected chi connectivity index (χ1v) is 15.6. The molecule has 0 fully saturated rings. The Bertz CT molecular complexity index is 2800. The molecule has 0 radical (unpaired) electrons. The first-order valence-electron chi connectivity index (χ1n) is 15.6. The molecule has 0 amide bonds. The van der Waals surface area contributed by atoms with E-state index in [1.54, 1.807) is 0 Å². The summed E-state index contributed by atoms with van der Waals surface area (Å²) >= 11 is 0. The number of rotatable bonds is 2. The Morgan fingerprint density at radius 2 is 0.822 bits per heavy atom. The van der Waals surface area contributed by atoms with E-state index in [0.29, 0.717) is 0 Å². The fourth-order valence-corrected chi connectivity index (χ4v) is 7.78. The minimum atomic E-state index is 1.17. The molecule has 0 saturated carbocycles. The zero-order valence-corrected chi connectivity index (χ0v) is 24.5. The van der Waals surface area contributed by atoms with Gasteiger partial charge in [-0.25, -0.2) is 0 Å². The summed E-state index contributed by atoms with van der Waals surface area (Å²) in [6, 6.07) is 60.2. The van der Waals surface area contributed by atoms with Gasteiger partial charge in [0.15, 0.2) is 0 Å². The quantitative estimate of drug-likeness (QED) is 0.183. The molecule has 0 atom stereocenters. The Balaban J connectivity index is 1.34. The van der Waals surface area contributed by atoms with Crippen LogP contribution >= 0.6 is 0 Å². The molecule has 1 heterocycles. The second-order valence-electron chi connectivity index (χ2n) is 12.1. The third kappa shape index (κ3) is 3.44. The highest BCUT2D eigenvalue weighted by molar-refractivity contribution is 6.42. The Morgan fingerprint density at radius 1 is 0.311 bits per heavy atom. The van der Waals surface area contributed by atoms with Gasteiger partial charge in [0.25, 0.3) is 0 Å². The monoisotopic (exact) mass is 569 g/mol. The van der Waals surface area contributed by atoms with Crippen LogP contribution in [0.15, 0.2) is 164 Å². The van der Waals surface area contributed by atoms with E-state index in [1.807, 2.05) is 0 Å². The van der Waals surface area contributed by atoms with Crippen molar-refractivity contribution in [2.24, 2.45) is 0 Å². The largest absolute Gasteiger partial charge is 0.309 e. The van der Waals surface area contributed by atoms with Crippen LogP contribution in [0.1, 0.15) is 0 Å². The highest BCUT2D eigenvalue weighted by atomic mass is 15.0. The third-order valence-corrected chi connectivity index (χ3v) is 9.72. The lowest BCUT2D eigenvalue weighted by Gasteiger charge is -2.16. The maximum atomic E-state index is 2.49. The average molecular weight is 570 g/mol. The van der Waals surface area contributed by atoms with Gasteiger partial charge in [0.05, 0.1) is 11.0 Å². The molecule has 9 aromatic carbocycles. The molecule has 0 spiro atoms. The highest BCUT2D eigenvalue weighted by Gasteiger charge is 2.22. The van der Waals surface area contributed by atoms with E-state index in [4.69, 9.17) is 0 Å². The summed E-state index contributed by atoms with van der Waals surface area (Å²) in [5.74, 6) is 0. The van der Waals surface area contributed by atoms with Gasteiger partial charge < -0.3 is 4.57 Å². The fraction of sp³-hybridized carbons (Fsp3) is 0. The van der Waals surface area contributed by atoms with E-state index in [1.165, 1.54) is 92.5 Å². The van der Waals surface area contributed by atoms with Crippen LogP contribution in [0.2, 0.25) is 0 Å². The molecule has 0 unspecified atom stereocenters. The van der Waals surface area contributed by atoms with Gasteiger partial charge in [-0.15, -0.1) is 0 Å². The van der Waals surface area contributed by atoms with Crippen LogP contribution < -0.4 is 0 Å². The lowest BCUT2D eigenvalue weighted by Crippen LogP contribution is -1.95. The van der Waals surface area contributed by atoms with Crippen molar-refractivity contribution < 1.29 is 0 Å². The van der Waals surface area contributed by atoms with Crippen molar-refractivity contribution in [1.29, 1.82) is 0 Å². The van der Waals surface area contributed by atoms with Gasteiger partial charge in [-0.05, 0) is 78.5 Å². The van der Waals surface area contributed by atoms with Crippen LogP contribution in [-0.4, -0.2) is 4.57 Å². The number of hydrogen-bond acceptors (Lipinski definition) is 0. The van der Waals surface area contributed by atoms with E-state index in [9.17, 15) is 0 Å². The van der Waals surface area contributed by atoms with Gasteiger partial charge in [0.1, 0.15) is 0 Å². The normalized spacial score (nSPS) is 12.0. The minimum Gasteiger partial charge on any atom is -0.309 e. The summed E-state index contributed by atoms with van der Waals surface area (Å²) in [5, 5.41) is 15.6. The molecule has 45 heavy (non-hydrogen) atoms. The van der Waals surface area contributed by atoms with Gasteiger partial charge in [-0.2, -0.15) is 0 Å². The van der Waals surface area contributed by atoms with Crippen molar-refractivity contribution in [1.82, 2.24) is 4.57 Å². The second kappa shape index (κ2) is 9.29. The lowest BCUT2D eigenvalue weighted by molar-refractivity contribution is 1.19. The molecular formula is C44H27N. The molecule has 208 valence electrons. The Hall–Kier alpha value is -5.92. The van der Waals surface area contributed by atoms with Gasteiger partial charge >= 0.3 is 0 Å². The van der Waals surface area contributed by atoms with Crippen LogP contribution in [0.25, 0.3) is 92.5 Å². The molecule has 0 bridgehead atoms. The van der Waals surface area contributed by atoms with Crippen molar-refractivity contribution in [3.05, 3.63) is 164 Å². The number of fused-ring (bicyclic) bond motifs is 14. The predicted octanol–water partition coefficient (Wildman–Crippen LogP) is 12.2. The molecular weight excluding hydrogens is 542 g/mol. The van der Waals surface area contributed by atoms with Crippen molar-refractivity contribution in [3.63, 3.8) is 0 Å². The van der Waals surface area contributed by atoms with E-state index < -0.39 is 0 Å². The van der Waals surface area contributed by atoms with Crippen molar-refractivity contribution in [2.75, 3.05) is 0 Å². The summed E-state index contributed by atoms with van der Waals surface area (Å²) in [6.07, 6.45) is 0. The van der Waals surface area contributed by atoms with E-state index >= 15 is 0 Å². The lowest BCUT2D eigenvalue weighted by atomic mass is 9.88. The van der Waals surface area contributed by atoms with Crippen molar-refractivity contribution in [2.45, 2.75) is 0 Å². The molecule has 1 nitrogen and oxygen atoms in total. The third-order valence-electron chi connectivity index (χ3n) is 9.72. The van der Waals surface area contributed by atoms with Gasteiger partial charge in [-0.3, -0.25) is 0 Å². The summed E-state index contributed by atoms with van der Waals surface area (Å²) in [7, 11) is 0. The molecule has 10 aromatic rings. The first kappa shape index (κ1) is 24.5. The average Bonchev–Trinajstić information content (AvgIpc) is 3.47. The van der Waals surface area contributed by atoms with E-state index in [-0.39, 0.29) is 0 Å². The maximum absolute atomic E-state index is 2.49. The van der Waals surface area contributed by atoms with Crippen molar-refractivity contribution >= 4 is 75.7 Å². The first-order chi connectivity index (χ1) is 22.3. The minimum absolute atomic E-state index is 1.17. The fourth-order valence-electron chi connectivity index (χ4n) is 7.78. The zero-order valence-electron chi connectivity index (χ0n) is 24.5. The van der Waals surface area contributed by atoms with E-state index in [0.717, 1.165) is 0 Å². The molecule has 10 rings (SSSR count). The summed E-state index contributed by atoms with van der Waals surface area (Å²) in [5.41, 5.74) is 6.11. The molecule has 0 aliphatic carbocycles. The number of benzene rings is 9. The number of aromatic nitrogens is 1. The summed E-state index contributed by atoms with van der Waals surface area (Å²) in [4.78, 5) is 0. The predicted molar refractivity (Wildman–Crippen MR) is 194 cm³/mol. The zero-order chi connectivity index (χ0) is 29.5. The Labute approximate surface area is 260 Å². The summed E-state index contributed by atoms with van der Waals surface area (Å²) in [6.45, 7) is 0. The van der Waals surface area contributed by atoms with E-state index in [2.05, 4.69) is 168 Å². The molecule has 0 aliphatic rings. The molecule has 0 saturated heterocycles. The van der Waals surface area contributed by atoms with Gasteiger partial charge in [0.2, 0.25) is 0 Å². The Morgan fingerprint density at radius 3 is 1.53 bits per heavy atom. The summed E-state index contributed by atoms with van der Waals surface area (Å²) < 4.78 is 2.49. The second-order valence-corrected chi connectivity index (χ2v) is 12.1. The molecule has 1 heteroatoms. The number of para-hydroxylation sites is 1. The Kier molecular flexibility index (Phi) is 5.06.